The van der Waals surface area contributed by atoms with Crippen LogP contribution in [0.1, 0.15) is 10.4 Å². The normalized spacial score (nSPS) is 12.0. The Morgan fingerprint density at radius 1 is 1.00 bits per heavy atom. The molecule has 0 atom stereocenters. The number of halogens is 1. The third kappa shape index (κ3) is 3.84. The Morgan fingerprint density at radius 3 is 2.09 bits per heavy atom. The minimum Gasteiger partial charge on any atom is -0.382 e. The Kier molecular flexibility index (Phi) is 4.95. The summed E-state index contributed by atoms with van der Waals surface area (Å²) >= 11 is 0. The second-order valence-corrected chi connectivity index (χ2v) is 7.03. The van der Waals surface area contributed by atoms with E-state index in [9.17, 15) is 17.6 Å². The summed E-state index contributed by atoms with van der Waals surface area (Å²) in [5.41, 5.74) is 0.110. The first kappa shape index (κ1) is 16.9. The molecule has 0 radical (unpaired) electrons. The maximum Gasteiger partial charge on any atom is 0.211 e. The summed E-state index contributed by atoms with van der Waals surface area (Å²) in [5.74, 6) is -1.17. The molecule has 2 aromatic rings. The van der Waals surface area contributed by atoms with Gasteiger partial charge in [-0.2, -0.15) is 0 Å². The zero-order valence-corrected chi connectivity index (χ0v) is 13.5. The van der Waals surface area contributed by atoms with E-state index < -0.39 is 21.4 Å². The van der Waals surface area contributed by atoms with Crippen LogP contribution in [0.3, 0.4) is 0 Å². The molecule has 0 saturated carbocycles. The van der Waals surface area contributed by atoms with Crippen molar-refractivity contribution >= 4 is 15.6 Å². The van der Waals surface area contributed by atoms with Crippen LogP contribution in [-0.2, 0) is 9.84 Å². The number of carbonyl (C=O) groups is 1. The molecule has 0 aliphatic carbocycles. The molecule has 0 aliphatic rings. The van der Waals surface area contributed by atoms with Gasteiger partial charge in [0.05, 0.1) is 4.90 Å². The van der Waals surface area contributed by atoms with Crippen LogP contribution in [-0.4, -0.2) is 33.2 Å². The second-order valence-electron chi connectivity index (χ2n) is 5.11. The van der Waals surface area contributed by atoms with Crippen molar-refractivity contribution in [3.8, 4) is 0 Å². The molecule has 0 unspecified atom stereocenters. The number of carbonyl (C=O) groups excluding carboxylic acids is 1. The minimum atomic E-state index is -3.98. The molecule has 120 valence electrons. The largest absolute Gasteiger partial charge is 0.382 e. The van der Waals surface area contributed by atoms with Gasteiger partial charge in [0, 0.05) is 25.9 Å². The summed E-state index contributed by atoms with van der Waals surface area (Å²) < 4.78 is 38.5. The third-order valence-electron chi connectivity index (χ3n) is 3.05. The number of Topliss-reactive ketones (excluding diaryl/α,β-unsaturated/α-hetero) is 1. The lowest BCUT2D eigenvalue weighted by Gasteiger charge is -2.12. The van der Waals surface area contributed by atoms with Crippen LogP contribution in [0.4, 0.5) is 4.39 Å². The molecule has 6 heteroatoms. The minimum absolute atomic E-state index is 0.0311. The molecule has 0 spiro atoms. The molecule has 0 saturated heterocycles. The van der Waals surface area contributed by atoms with Crippen molar-refractivity contribution < 1.29 is 17.6 Å². The van der Waals surface area contributed by atoms with Gasteiger partial charge in [-0.05, 0) is 36.4 Å². The van der Waals surface area contributed by atoms with Crippen molar-refractivity contribution in [2.24, 2.45) is 0 Å². The molecule has 0 fully saturated rings. The topological polar surface area (TPSA) is 54.5 Å². The molecule has 0 bridgehead atoms. The first-order valence-electron chi connectivity index (χ1n) is 6.81. The average Bonchev–Trinajstić information content (AvgIpc) is 2.53. The highest BCUT2D eigenvalue weighted by molar-refractivity contribution is 7.96. The standard InChI is InChI=1S/C17H16FNO3S/c1-19(2)12-16(17(20)13-8-10-14(18)11-9-13)23(21,22)15-6-4-3-5-7-15/h3-12H,1-2H3/b16-12-. The van der Waals surface area contributed by atoms with E-state index >= 15 is 0 Å². The van der Waals surface area contributed by atoms with Gasteiger partial charge in [0.1, 0.15) is 10.7 Å². The first-order chi connectivity index (χ1) is 10.8. The number of benzene rings is 2. The fourth-order valence-corrected chi connectivity index (χ4v) is 3.44. The van der Waals surface area contributed by atoms with Gasteiger partial charge in [-0.25, -0.2) is 12.8 Å². The smallest absolute Gasteiger partial charge is 0.211 e. The summed E-state index contributed by atoms with van der Waals surface area (Å²) in [5, 5.41) is 0. The zero-order valence-electron chi connectivity index (χ0n) is 12.7. The molecular formula is C17H16FNO3S. The van der Waals surface area contributed by atoms with E-state index in [0.717, 1.165) is 12.1 Å². The molecular weight excluding hydrogens is 317 g/mol. The highest BCUT2D eigenvalue weighted by atomic mass is 32.2. The fourth-order valence-electron chi connectivity index (χ4n) is 1.95. The van der Waals surface area contributed by atoms with E-state index in [1.54, 1.807) is 32.3 Å². The average molecular weight is 333 g/mol. The number of allylic oxidation sites excluding steroid dienone is 1. The third-order valence-corrected chi connectivity index (χ3v) is 4.81. The number of rotatable bonds is 5. The summed E-state index contributed by atoms with van der Waals surface area (Å²) in [7, 11) is -0.731. The number of sulfone groups is 1. The van der Waals surface area contributed by atoms with Gasteiger partial charge in [0.15, 0.2) is 0 Å². The molecule has 23 heavy (non-hydrogen) atoms. The Balaban J connectivity index is 2.54. The van der Waals surface area contributed by atoms with E-state index in [-0.39, 0.29) is 15.4 Å². The van der Waals surface area contributed by atoms with Gasteiger partial charge in [-0.15, -0.1) is 0 Å². The van der Waals surface area contributed by atoms with Crippen molar-refractivity contribution in [3.63, 3.8) is 0 Å². The van der Waals surface area contributed by atoms with Crippen LogP contribution in [0.5, 0.6) is 0 Å². The highest BCUT2D eigenvalue weighted by Crippen LogP contribution is 2.23. The molecule has 0 N–H and O–H groups in total. The van der Waals surface area contributed by atoms with Crippen LogP contribution in [0.2, 0.25) is 0 Å². The van der Waals surface area contributed by atoms with Gasteiger partial charge >= 0.3 is 0 Å². The van der Waals surface area contributed by atoms with E-state index in [4.69, 9.17) is 0 Å². The Labute approximate surface area is 134 Å². The molecule has 0 amide bonds. The molecule has 0 aromatic heterocycles. The molecule has 2 aromatic carbocycles. The lowest BCUT2D eigenvalue weighted by Crippen LogP contribution is -2.18. The second kappa shape index (κ2) is 6.75. The van der Waals surface area contributed by atoms with Gasteiger partial charge in [-0.1, -0.05) is 18.2 Å². The molecule has 2 rings (SSSR count). The highest BCUT2D eigenvalue weighted by Gasteiger charge is 2.28. The van der Waals surface area contributed by atoms with Crippen LogP contribution in [0, 0.1) is 5.82 Å². The van der Waals surface area contributed by atoms with E-state index in [0.29, 0.717) is 0 Å². The van der Waals surface area contributed by atoms with E-state index in [2.05, 4.69) is 0 Å². The fraction of sp³-hybridized carbons (Fsp3) is 0.118. The summed E-state index contributed by atoms with van der Waals surface area (Å²) in [6.07, 6.45) is 1.26. The molecule has 0 aliphatic heterocycles. The predicted octanol–water partition coefficient (Wildman–Crippen LogP) is 2.89. The first-order valence-corrected chi connectivity index (χ1v) is 8.29. The lowest BCUT2D eigenvalue weighted by molar-refractivity contribution is 0.104. The van der Waals surface area contributed by atoms with Crippen molar-refractivity contribution in [1.29, 1.82) is 0 Å². The van der Waals surface area contributed by atoms with Crippen LogP contribution < -0.4 is 0 Å². The summed E-state index contributed by atoms with van der Waals surface area (Å²) in [6.45, 7) is 0. The SMILES string of the molecule is CN(C)/C=C(/C(=O)c1ccc(F)cc1)S(=O)(=O)c1ccccc1. The van der Waals surface area contributed by atoms with Crippen molar-refractivity contribution in [3.05, 3.63) is 77.1 Å². The number of hydrogen-bond acceptors (Lipinski definition) is 4. The van der Waals surface area contributed by atoms with Crippen LogP contribution in [0.25, 0.3) is 0 Å². The summed E-state index contributed by atoms with van der Waals surface area (Å²) in [6, 6.07) is 12.5. The van der Waals surface area contributed by atoms with Crippen LogP contribution in [0.15, 0.2) is 70.6 Å². The number of ketones is 1. The van der Waals surface area contributed by atoms with E-state index in [1.807, 2.05) is 0 Å². The van der Waals surface area contributed by atoms with E-state index in [1.165, 1.54) is 35.4 Å². The summed E-state index contributed by atoms with van der Waals surface area (Å²) in [4.78, 5) is 13.8. The van der Waals surface area contributed by atoms with Crippen LogP contribution >= 0.6 is 0 Å². The quantitative estimate of drug-likeness (QED) is 0.624. The lowest BCUT2D eigenvalue weighted by atomic mass is 10.1. The maximum absolute atomic E-state index is 13.0. The predicted molar refractivity (Wildman–Crippen MR) is 86.1 cm³/mol. The Morgan fingerprint density at radius 2 is 1.57 bits per heavy atom. The zero-order chi connectivity index (χ0) is 17.0. The number of nitrogens with zero attached hydrogens (tertiary/aromatic N) is 1. The Bertz CT molecular complexity index is 826. The Hall–Kier alpha value is -2.47. The van der Waals surface area contributed by atoms with Crippen molar-refractivity contribution in [2.45, 2.75) is 4.90 Å². The van der Waals surface area contributed by atoms with Gasteiger partial charge < -0.3 is 4.90 Å². The maximum atomic E-state index is 13.0. The van der Waals surface area contributed by atoms with Crippen molar-refractivity contribution in [2.75, 3.05) is 14.1 Å². The monoisotopic (exact) mass is 333 g/mol. The number of hydrogen-bond donors (Lipinski definition) is 0. The van der Waals surface area contributed by atoms with Gasteiger partial charge in [-0.3, -0.25) is 4.79 Å². The van der Waals surface area contributed by atoms with Gasteiger partial charge in [0.25, 0.3) is 0 Å². The van der Waals surface area contributed by atoms with Gasteiger partial charge in [0.2, 0.25) is 15.6 Å². The van der Waals surface area contributed by atoms with Crippen molar-refractivity contribution in [1.82, 2.24) is 4.90 Å². The molecule has 0 heterocycles. The molecule has 4 nitrogen and oxygen atoms in total.